The molecule has 3 N–H and O–H groups in total. The molecule has 29 heavy (non-hydrogen) atoms. The topological polar surface area (TPSA) is 83.0 Å². The van der Waals surface area contributed by atoms with Crippen molar-refractivity contribution in [2.75, 3.05) is 23.8 Å². The zero-order chi connectivity index (χ0) is 20.9. The SMILES string of the molecule is OCCCNc1nc(Nc2ccc(Br)c(C(F)(F)F)c2)cc(-c2ccccn2)n1. The number of rotatable bonds is 7. The Morgan fingerprint density at radius 3 is 2.55 bits per heavy atom. The molecular formula is C19H17BrF3N5O. The van der Waals surface area contributed by atoms with Crippen LogP contribution >= 0.6 is 15.9 Å². The van der Waals surface area contributed by atoms with Crippen LogP contribution in [0.1, 0.15) is 12.0 Å². The average molecular weight is 468 g/mol. The summed E-state index contributed by atoms with van der Waals surface area (Å²) in [7, 11) is 0. The van der Waals surface area contributed by atoms with Crippen molar-refractivity contribution in [1.82, 2.24) is 15.0 Å². The standard InChI is InChI=1S/C19H17BrF3N5O/c20-14-6-5-12(10-13(14)19(21,22)23)26-17-11-16(15-4-1-2-7-24-15)27-18(28-17)25-8-3-9-29/h1-2,4-7,10-11,29H,3,8-9H2,(H2,25,26,27,28). The molecule has 0 unspecified atom stereocenters. The van der Waals surface area contributed by atoms with Gasteiger partial charge in [-0.05, 0) is 36.8 Å². The lowest BCUT2D eigenvalue weighted by Gasteiger charge is -2.14. The molecule has 0 aliphatic heterocycles. The molecule has 0 aliphatic carbocycles. The molecule has 3 rings (SSSR count). The quantitative estimate of drug-likeness (QED) is 0.430. The van der Waals surface area contributed by atoms with Gasteiger partial charge in [-0.2, -0.15) is 18.2 Å². The third kappa shape index (κ3) is 5.64. The number of aliphatic hydroxyl groups excluding tert-OH is 1. The molecule has 2 aromatic heterocycles. The van der Waals surface area contributed by atoms with Crippen molar-refractivity contribution in [3.63, 3.8) is 0 Å². The third-order valence-corrected chi connectivity index (χ3v) is 4.51. The lowest BCUT2D eigenvalue weighted by Crippen LogP contribution is -2.09. The Bertz CT molecular complexity index is 970. The van der Waals surface area contributed by atoms with Crippen LogP contribution in [-0.4, -0.2) is 33.2 Å². The Morgan fingerprint density at radius 2 is 1.86 bits per heavy atom. The summed E-state index contributed by atoms with van der Waals surface area (Å²) in [6.45, 7) is 0.454. The molecule has 0 saturated heterocycles. The van der Waals surface area contributed by atoms with E-state index in [1.54, 1.807) is 30.5 Å². The van der Waals surface area contributed by atoms with Gasteiger partial charge in [-0.1, -0.05) is 22.0 Å². The Kier molecular flexibility index (Phi) is 6.65. The maximum atomic E-state index is 13.2. The average Bonchev–Trinajstić information content (AvgIpc) is 2.69. The van der Waals surface area contributed by atoms with Gasteiger partial charge in [0.05, 0.1) is 17.0 Å². The fourth-order valence-corrected chi connectivity index (χ4v) is 2.95. The molecular weight excluding hydrogens is 451 g/mol. The van der Waals surface area contributed by atoms with Crippen LogP contribution in [0.15, 0.2) is 53.1 Å². The molecule has 152 valence electrons. The number of anilines is 3. The number of nitrogens with zero attached hydrogens (tertiary/aromatic N) is 3. The molecule has 0 bridgehead atoms. The number of aromatic nitrogens is 3. The van der Waals surface area contributed by atoms with Crippen molar-refractivity contribution in [3.05, 3.63) is 58.7 Å². The number of alkyl halides is 3. The summed E-state index contributed by atoms with van der Waals surface area (Å²) in [5, 5.41) is 14.8. The highest BCUT2D eigenvalue weighted by Crippen LogP contribution is 2.37. The Balaban J connectivity index is 1.95. The van der Waals surface area contributed by atoms with Gasteiger partial charge in [-0.25, -0.2) is 4.98 Å². The first-order valence-corrected chi connectivity index (χ1v) is 9.45. The first-order chi connectivity index (χ1) is 13.9. The minimum Gasteiger partial charge on any atom is -0.396 e. The van der Waals surface area contributed by atoms with E-state index in [2.05, 4.69) is 41.5 Å². The second kappa shape index (κ2) is 9.19. The largest absolute Gasteiger partial charge is 0.417 e. The molecule has 0 radical (unpaired) electrons. The molecule has 0 saturated carbocycles. The van der Waals surface area contributed by atoms with E-state index in [4.69, 9.17) is 5.11 Å². The van der Waals surface area contributed by atoms with Crippen LogP contribution in [0.25, 0.3) is 11.4 Å². The summed E-state index contributed by atoms with van der Waals surface area (Å²) in [4.78, 5) is 13.0. The highest BCUT2D eigenvalue weighted by atomic mass is 79.9. The molecule has 0 fully saturated rings. The lowest BCUT2D eigenvalue weighted by atomic mass is 10.2. The number of benzene rings is 1. The van der Waals surface area contributed by atoms with Crippen LogP contribution in [-0.2, 0) is 6.18 Å². The van der Waals surface area contributed by atoms with Gasteiger partial charge in [0.1, 0.15) is 5.82 Å². The molecule has 6 nitrogen and oxygen atoms in total. The van der Waals surface area contributed by atoms with Gasteiger partial charge >= 0.3 is 6.18 Å². The van der Waals surface area contributed by atoms with Crippen molar-refractivity contribution >= 4 is 33.4 Å². The molecule has 0 atom stereocenters. The minimum absolute atomic E-state index is 0.0111. The second-order valence-electron chi connectivity index (χ2n) is 6.00. The van der Waals surface area contributed by atoms with Gasteiger partial charge < -0.3 is 15.7 Å². The zero-order valence-electron chi connectivity index (χ0n) is 15.0. The van der Waals surface area contributed by atoms with Gasteiger partial charge in [0, 0.05) is 35.6 Å². The number of aliphatic hydroxyl groups is 1. The van der Waals surface area contributed by atoms with Crippen LogP contribution < -0.4 is 10.6 Å². The Labute approximate surface area is 173 Å². The first-order valence-electron chi connectivity index (χ1n) is 8.66. The van der Waals surface area contributed by atoms with Gasteiger partial charge in [0.15, 0.2) is 0 Å². The van der Waals surface area contributed by atoms with Gasteiger partial charge in [-0.15, -0.1) is 0 Å². The summed E-state index contributed by atoms with van der Waals surface area (Å²) in [5.74, 6) is 0.583. The smallest absolute Gasteiger partial charge is 0.396 e. The summed E-state index contributed by atoms with van der Waals surface area (Å²) in [5.41, 5.74) is 0.535. The minimum atomic E-state index is -4.49. The highest BCUT2D eigenvalue weighted by Gasteiger charge is 2.33. The second-order valence-corrected chi connectivity index (χ2v) is 6.85. The number of hydrogen-bond acceptors (Lipinski definition) is 6. The van der Waals surface area contributed by atoms with E-state index in [0.29, 0.717) is 30.2 Å². The fraction of sp³-hybridized carbons (Fsp3) is 0.211. The van der Waals surface area contributed by atoms with E-state index in [9.17, 15) is 13.2 Å². The van der Waals surface area contributed by atoms with Crippen LogP contribution in [0, 0.1) is 0 Å². The molecule has 0 aliphatic rings. The summed E-state index contributed by atoms with van der Waals surface area (Å²) < 4.78 is 39.5. The van der Waals surface area contributed by atoms with Crippen LogP contribution in [0.2, 0.25) is 0 Å². The number of halogens is 4. The first kappa shape index (κ1) is 21.0. The summed E-state index contributed by atoms with van der Waals surface area (Å²) >= 11 is 2.93. The normalized spacial score (nSPS) is 11.3. The predicted molar refractivity (Wildman–Crippen MR) is 108 cm³/mol. The van der Waals surface area contributed by atoms with E-state index < -0.39 is 11.7 Å². The van der Waals surface area contributed by atoms with E-state index in [1.165, 1.54) is 12.1 Å². The van der Waals surface area contributed by atoms with E-state index in [0.717, 1.165) is 6.07 Å². The van der Waals surface area contributed by atoms with Crippen molar-refractivity contribution in [3.8, 4) is 11.4 Å². The Morgan fingerprint density at radius 1 is 1.03 bits per heavy atom. The van der Waals surface area contributed by atoms with E-state index in [1.807, 2.05) is 0 Å². The van der Waals surface area contributed by atoms with Crippen molar-refractivity contribution in [1.29, 1.82) is 0 Å². The molecule has 10 heteroatoms. The number of hydrogen-bond donors (Lipinski definition) is 3. The number of pyridine rings is 1. The molecule has 0 spiro atoms. The number of nitrogens with one attached hydrogen (secondary N) is 2. The summed E-state index contributed by atoms with van der Waals surface area (Å²) in [6.07, 6.45) is -2.37. The monoisotopic (exact) mass is 467 g/mol. The van der Waals surface area contributed by atoms with E-state index in [-0.39, 0.29) is 22.7 Å². The molecule has 3 aromatic rings. The van der Waals surface area contributed by atoms with Gasteiger partial charge in [0.2, 0.25) is 5.95 Å². The lowest BCUT2D eigenvalue weighted by molar-refractivity contribution is -0.138. The van der Waals surface area contributed by atoms with Crippen LogP contribution in [0.5, 0.6) is 0 Å². The van der Waals surface area contributed by atoms with Crippen LogP contribution in [0.4, 0.5) is 30.6 Å². The zero-order valence-corrected chi connectivity index (χ0v) is 16.6. The molecule has 0 amide bonds. The van der Waals surface area contributed by atoms with Crippen molar-refractivity contribution < 1.29 is 18.3 Å². The maximum absolute atomic E-state index is 13.2. The fourth-order valence-electron chi connectivity index (χ4n) is 2.48. The van der Waals surface area contributed by atoms with Crippen molar-refractivity contribution in [2.45, 2.75) is 12.6 Å². The van der Waals surface area contributed by atoms with E-state index >= 15 is 0 Å². The summed E-state index contributed by atoms with van der Waals surface area (Å²) in [6, 6.07) is 10.8. The van der Waals surface area contributed by atoms with Crippen LogP contribution in [0.3, 0.4) is 0 Å². The van der Waals surface area contributed by atoms with Gasteiger partial charge in [-0.3, -0.25) is 4.98 Å². The molecule has 1 aromatic carbocycles. The highest BCUT2D eigenvalue weighted by molar-refractivity contribution is 9.10. The predicted octanol–water partition coefficient (Wildman–Crippen LogP) is 4.86. The maximum Gasteiger partial charge on any atom is 0.417 e. The third-order valence-electron chi connectivity index (χ3n) is 3.82. The Hall–Kier alpha value is -2.72. The molecule has 2 heterocycles. The van der Waals surface area contributed by atoms with Crippen molar-refractivity contribution in [2.24, 2.45) is 0 Å². The van der Waals surface area contributed by atoms with Gasteiger partial charge in [0.25, 0.3) is 0 Å².